The van der Waals surface area contributed by atoms with Gasteiger partial charge in [0.2, 0.25) is 0 Å². The number of benzene rings is 6. The number of nitrogens with zero attached hydrogens (tertiary/aromatic N) is 4. The lowest BCUT2D eigenvalue weighted by Crippen LogP contribution is -1.97. The molecule has 0 unspecified atom stereocenters. The van der Waals surface area contributed by atoms with E-state index in [0.29, 0.717) is 67.1 Å². The molecule has 230 valence electrons. The highest BCUT2D eigenvalue weighted by Crippen LogP contribution is 2.35. The quantitative estimate of drug-likeness (QED) is 0.177. The van der Waals surface area contributed by atoms with Crippen molar-refractivity contribution >= 4 is 22.1 Å². The normalized spacial score (nSPS) is 11.3. The molecule has 4 nitrogen and oxygen atoms in total. The van der Waals surface area contributed by atoms with Crippen LogP contribution < -0.4 is 0 Å². The van der Waals surface area contributed by atoms with Gasteiger partial charge in [-0.25, -0.2) is 37.5 Å². The van der Waals surface area contributed by atoms with E-state index in [1.54, 1.807) is 48.5 Å². The van der Waals surface area contributed by atoms with Crippen LogP contribution in [0.5, 0.6) is 0 Å². The summed E-state index contributed by atoms with van der Waals surface area (Å²) in [6.07, 6.45) is 0. The number of hydrogen-bond donors (Lipinski definition) is 0. The molecule has 8 aromatic rings. The first-order valence-electron chi connectivity index (χ1n) is 15.1. The van der Waals surface area contributed by atoms with Crippen molar-refractivity contribution in [1.82, 2.24) is 19.9 Å². The average molecular weight is 635 g/mol. The maximum atomic E-state index is 13.8. The Bertz CT molecular complexity index is 2290. The predicted molar refractivity (Wildman–Crippen MR) is 180 cm³/mol. The van der Waals surface area contributed by atoms with Gasteiger partial charge in [0.05, 0.1) is 44.8 Å². The Labute approximate surface area is 272 Å². The molecule has 0 aliphatic carbocycles. The Kier molecular flexibility index (Phi) is 7.18. The van der Waals surface area contributed by atoms with Crippen LogP contribution in [0, 0.1) is 23.3 Å². The highest BCUT2D eigenvalue weighted by molar-refractivity contribution is 5.92. The summed E-state index contributed by atoms with van der Waals surface area (Å²) < 4.78 is 55.1. The molecule has 0 bridgehead atoms. The highest BCUT2D eigenvalue weighted by Gasteiger charge is 2.17. The van der Waals surface area contributed by atoms with E-state index in [4.69, 9.17) is 19.9 Å². The molecule has 0 fully saturated rings. The van der Waals surface area contributed by atoms with Crippen molar-refractivity contribution in [3.05, 3.63) is 157 Å². The molecule has 0 saturated carbocycles. The van der Waals surface area contributed by atoms with Gasteiger partial charge in [0, 0.05) is 22.3 Å². The molecule has 0 atom stereocenters. The monoisotopic (exact) mass is 634 g/mol. The summed E-state index contributed by atoms with van der Waals surface area (Å²) in [5.74, 6) is -1.47. The van der Waals surface area contributed by atoms with Crippen molar-refractivity contribution in [3.8, 4) is 56.2 Å². The molecule has 0 saturated heterocycles. The van der Waals surface area contributed by atoms with Crippen molar-refractivity contribution in [2.24, 2.45) is 0 Å². The zero-order valence-corrected chi connectivity index (χ0v) is 25.0. The molecule has 0 aliphatic heterocycles. The van der Waals surface area contributed by atoms with Gasteiger partial charge in [-0.05, 0) is 132 Å². The largest absolute Gasteiger partial charge is 0.244 e. The lowest BCUT2D eigenvalue weighted by atomic mass is 10.0. The van der Waals surface area contributed by atoms with Crippen LogP contribution >= 0.6 is 0 Å². The number of rotatable bonds is 5. The number of hydrogen-bond acceptors (Lipinski definition) is 4. The zero-order valence-electron chi connectivity index (χ0n) is 25.0. The Hall–Kier alpha value is -6.28. The van der Waals surface area contributed by atoms with Crippen LogP contribution in [0.15, 0.2) is 133 Å². The minimum absolute atomic E-state index is 0.364. The van der Waals surface area contributed by atoms with Gasteiger partial charge in [-0.2, -0.15) is 0 Å². The summed E-state index contributed by atoms with van der Waals surface area (Å²) >= 11 is 0. The van der Waals surface area contributed by atoms with E-state index >= 15 is 0 Å². The van der Waals surface area contributed by atoms with E-state index in [-0.39, 0.29) is 23.3 Å². The molecule has 0 radical (unpaired) electrons. The van der Waals surface area contributed by atoms with Crippen molar-refractivity contribution < 1.29 is 17.6 Å². The molecule has 8 heteroatoms. The Morgan fingerprint density at radius 2 is 0.479 bits per heavy atom. The first-order chi connectivity index (χ1) is 23.4. The summed E-state index contributed by atoms with van der Waals surface area (Å²) in [7, 11) is 0. The lowest BCUT2D eigenvalue weighted by Gasteiger charge is -2.13. The topological polar surface area (TPSA) is 51.6 Å². The maximum absolute atomic E-state index is 13.8. The fourth-order valence-electron chi connectivity index (χ4n) is 5.70. The molecule has 0 amide bonds. The molecule has 0 aliphatic rings. The summed E-state index contributed by atoms with van der Waals surface area (Å²) in [5, 5.41) is 0. The second-order valence-electron chi connectivity index (χ2n) is 11.3. The number of aromatic nitrogens is 4. The van der Waals surface area contributed by atoms with Gasteiger partial charge in [0.15, 0.2) is 0 Å². The molecule has 0 N–H and O–H groups in total. The van der Waals surface area contributed by atoms with Crippen LogP contribution in [-0.2, 0) is 0 Å². The van der Waals surface area contributed by atoms with E-state index in [1.165, 1.54) is 48.5 Å². The standard InChI is InChI=1S/C40H22F4N4/c41-29-11-1-23(2-12-29)37-39(25-5-15-31(43)16-6-25)47-35-21-27(9-19-33(35)45-37)28-10-20-34-36(22-28)48-40(26-7-17-32(44)18-8-26)38(46-34)24-3-13-30(42)14-4-24/h1-22H. The molecule has 8 rings (SSSR count). The molecule has 0 spiro atoms. The van der Waals surface area contributed by atoms with Gasteiger partial charge in [0.25, 0.3) is 0 Å². The van der Waals surface area contributed by atoms with Crippen molar-refractivity contribution in [3.63, 3.8) is 0 Å². The van der Waals surface area contributed by atoms with Crippen LogP contribution in [0.25, 0.3) is 78.2 Å². The SMILES string of the molecule is Fc1ccc(-c2nc3ccc(-c4ccc5nc(-c6ccc(F)cc6)c(-c6ccc(F)cc6)nc5c4)cc3nc2-c2ccc(F)cc2)cc1. The van der Waals surface area contributed by atoms with Gasteiger partial charge < -0.3 is 0 Å². The lowest BCUT2D eigenvalue weighted by molar-refractivity contribution is 0.627. The molecule has 48 heavy (non-hydrogen) atoms. The van der Waals surface area contributed by atoms with E-state index in [2.05, 4.69) is 0 Å². The Balaban J connectivity index is 1.26. The van der Waals surface area contributed by atoms with Crippen molar-refractivity contribution in [1.29, 1.82) is 0 Å². The van der Waals surface area contributed by atoms with E-state index in [0.717, 1.165) is 11.1 Å². The summed E-state index contributed by atoms with van der Waals surface area (Å²) in [6.45, 7) is 0. The fraction of sp³-hybridized carbons (Fsp3) is 0. The molecule has 2 aromatic heterocycles. The third-order valence-corrected chi connectivity index (χ3v) is 8.13. The van der Waals surface area contributed by atoms with Crippen LogP contribution in [-0.4, -0.2) is 19.9 Å². The van der Waals surface area contributed by atoms with E-state index in [9.17, 15) is 17.6 Å². The van der Waals surface area contributed by atoms with Crippen molar-refractivity contribution in [2.45, 2.75) is 0 Å². The highest BCUT2D eigenvalue weighted by atomic mass is 19.1. The maximum Gasteiger partial charge on any atom is 0.123 e. The summed E-state index contributed by atoms with van der Waals surface area (Å²) in [4.78, 5) is 19.7. The van der Waals surface area contributed by atoms with Gasteiger partial charge >= 0.3 is 0 Å². The molecule has 6 aromatic carbocycles. The third-order valence-electron chi connectivity index (χ3n) is 8.13. The number of halogens is 4. The van der Waals surface area contributed by atoms with Crippen LogP contribution in [0.3, 0.4) is 0 Å². The number of fused-ring (bicyclic) bond motifs is 2. The predicted octanol–water partition coefficient (Wildman–Crippen LogP) is 10.5. The Morgan fingerprint density at radius 1 is 0.250 bits per heavy atom. The average Bonchev–Trinajstić information content (AvgIpc) is 3.11. The van der Waals surface area contributed by atoms with Gasteiger partial charge in [0.1, 0.15) is 23.3 Å². The fourth-order valence-corrected chi connectivity index (χ4v) is 5.70. The van der Waals surface area contributed by atoms with Gasteiger partial charge in [-0.3, -0.25) is 0 Å². The van der Waals surface area contributed by atoms with Crippen LogP contribution in [0.4, 0.5) is 17.6 Å². The van der Waals surface area contributed by atoms with Crippen LogP contribution in [0.1, 0.15) is 0 Å². The smallest absolute Gasteiger partial charge is 0.123 e. The van der Waals surface area contributed by atoms with E-state index in [1.807, 2.05) is 36.4 Å². The van der Waals surface area contributed by atoms with Gasteiger partial charge in [-0.1, -0.05) is 12.1 Å². The minimum Gasteiger partial charge on any atom is -0.244 e. The second-order valence-corrected chi connectivity index (χ2v) is 11.3. The van der Waals surface area contributed by atoms with Crippen molar-refractivity contribution in [2.75, 3.05) is 0 Å². The van der Waals surface area contributed by atoms with Gasteiger partial charge in [-0.15, -0.1) is 0 Å². The minimum atomic E-state index is -0.370. The van der Waals surface area contributed by atoms with Crippen LogP contribution in [0.2, 0.25) is 0 Å². The summed E-state index contributed by atoms with van der Waals surface area (Å²) in [5.41, 5.74) is 9.06. The molecular formula is C40H22F4N4. The zero-order chi connectivity index (χ0) is 32.8. The first-order valence-corrected chi connectivity index (χ1v) is 15.1. The molecular weight excluding hydrogens is 612 g/mol. The first kappa shape index (κ1) is 29.1. The Morgan fingerprint density at radius 3 is 0.750 bits per heavy atom. The molecule has 2 heterocycles. The second kappa shape index (κ2) is 11.8. The summed E-state index contributed by atoms with van der Waals surface area (Å²) in [6, 6.07) is 35.5. The van der Waals surface area contributed by atoms with E-state index < -0.39 is 0 Å². The third kappa shape index (κ3) is 5.54.